The van der Waals surface area contributed by atoms with Crippen molar-refractivity contribution in [2.24, 2.45) is 17.6 Å². The van der Waals surface area contributed by atoms with Crippen molar-refractivity contribution in [2.75, 3.05) is 20.6 Å². The van der Waals surface area contributed by atoms with Crippen LogP contribution < -0.4 is 11.1 Å². The number of aromatic hydroxyl groups is 1. The number of carbonyl (C=O) groups excluding carboxylic acids is 2. The summed E-state index contributed by atoms with van der Waals surface area (Å²) in [6.45, 7) is 0.523. The number of nitrogens with two attached hydrogens (primary N) is 1. The number of alkyl halides is 3. The number of amides is 1. The number of hydrogen-bond donors (Lipinski definition) is 6. The molecule has 10 nitrogen and oxygen atoms in total. The van der Waals surface area contributed by atoms with E-state index in [1.54, 1.807) is 14.1 Å². The summed E-state index contributed by atoms with van der Waals surface area (Å²) in [7, 11) is 3.12. The minimum atomic E-state index is -4.82. The Hall–Kier alpha value is -3.13. The van der Waals surface area contributed by atoms with Gasteiger partial charge in [0.25, 0.3) is 5.91 Å². The zero-order valence-corrected chi connectivity index (χ0v) is 21.8. The molecule has 2 heterocycles. The van der Waals surface area contributed by atoms with E-state index in [1.165, 1.54) is 4.90 Å². The molecule has 2 aliphatic heterocycles. The van der Waals surface area contributed by atoms with Crippen LogP contribution in [0.5, 0.6) is 5.75 Å². The van der Waals surface area contributed by atoms with Crippen LogP contribution in [0.2, 0.25) is 0 Å². The molecule has 0 radical (unpaired) electrons. The van der Waals surface area contributed by atoms with Crippen molar-refractivity contribution in [3.63, 3.8) is 0 Å². The molecule has 0 aromatic heterocycles. The highest BCUT2D eigenvalue weighted by atomic mass is 19.4. The number of hydrogen-bond acceptors (Lipinski definition) is 9. The Morgan fingerprint density at radius 3 is 2.50 bits per heavy atom. The van der Waals surface area contributed by atoms with Gasteiger partial charge in [0, 0.05) is 17.5 Å². The Labute approximate surface area is 226 Å². The van der Waals surface area contributed by atoms with Crippen molar-refractivity contribution in [1.29, 1.82) is 0 Å². The monoisotopic (exact) mass is 565 g/mol. The van der Waals surface area contributed by atoms with Crippen LogP contribution in [0, 0.1) is 11.8 Å². The lowest BCUT2D eigenvalue weighted by Crippen LogP contribution is -2.60. The molecule has 5 aliphatic rings. The molecule has 2 saturated heterocycles. The van der Waals surface area contributed by atoms with Gasteiger partial charge in [0.1, 0.15) is 22.8 Å². The van der Waals surface area contributed by atoms with E-state index in [1.807, 2.05) is 0 Å². The molecule has 1 aromatic carbocycles. The number of Topliss-reactive ketones (excluding diaryl/α,β-unsaturated/α-hetero) is 1. The average molecular weight is 566 g/mol. The third-order valence-electron chi connectivity index (χ3n) is 9.23. The van der Waals surface area contributed by atoms with E-state index in [-0.39, 0.29) is 29.5 Å². The number of ketones is 1. The highest BCUT2D eigenvalue weighted by Crippen LogP contribution is 2.67. The van der Waals surface area contributed by atoms with Crippen molar-refractivity contribution in [3.05, 3.63) is 45.2 Å². The Morgan fingerprint density at radius 1 is 1.23 bits per heavy atom. The normalized spacial score (nSPS) is 35.2. The van der Waals surface area contributed by atoms with Crippen LogP contribution in [0.3, 0.4) is 0 Å². The molecule has 6 rings (SSSR count). The van der Waals surface area contributed by atoms with Crippen molar-refractivity contribution >= 4 is 17.4 Å². The minimum absolute atomic E-state index is 0.0736. The van der Waals surface area contributed by atoms with E-state index in [0.717, 1.165) is 12.5 Å². The number of phenols is 1. The molecule has 2 unspecified atom stereocenters. The number of aliphatic hydroxyl groups excluding tert-OH is 2. The largest absolute Gasteiger partial charge is 0.510 e. The van der Waals surface area contributed by atoms with Crippen molar-refractivity contribution in [1.82, 2.24) is 10.2 Å². The Balaban J connectivity index is 1.55. The van der Waals surface area contributed by atoms with E-state index in [9.17, 15) is 43.2 Å². The first kappa shape index (κ1) is 27.1. The van der Waals surface area contributed by atoms with Crippen molar-refractivity contribution in [2.45, 2.75) is 61.8 Å². The van der Waals surface area contributed by atoms with Crippen LogP contribution in [0.4, 0.5) is 13.2 Å². The molecule has 3 aliphatic carbocycles. The number of nitrogens with one attached hydrogen (secondary N) is 1. The fraction of sp³-hybridized carbons (Fsp3) is 0.556. The van der Waals surface area contributed by atoms with E-state index in [2.05, 4.69) is 5.32 Å². The van der Waals surface area contributed by atoms with E-state index >= 15 is 0 Å². The number of halogens is 3. The zero-order chi connectivity index (χ0) is 29.1. The second-order valence-electron chi connectivity index (χ2n) is 11.6. The number of ether oxygens (including phenoxy) is 1. The lowest BCUT2D eigenvalue weighted by Gasteiger charge is -2.46. The van der Waals surface area contributed by atoms with Crippen molar-refractivity contribution in [3.8, 4) is 5.75 Å². The zero-order valence-electron chi connectivity index (χ0n) is 21.8. The lowest BCUT2D eigenvalue weighted by molar-refractivity contribution is -0.139. The number of piperidine rings is 1. The number of likely N-dealkylation sites (N-methyl/N-ethyl adjacent to an activating group) is 1. The highest BCUT2D eigenvalue weighted by molar-refractivity contribution is 6.14. The van der Waals surface area contributed by atoms with Crippen LogP contribution in [0.25, 0.3) is 5.76 Å². The molecule has 1 amide bonds. The van der Waals surface area contributed by atoms with Gasteiger partial charge in [-0.05, 0) is 69.4 Å². The molecule has 40 heavy (non-hydrogen) atoms. The van der Waals surface area contributed by atoms with E-state index < -0.39 is 87.1 Å². The first-order valence-electron chi connectivity index (χ1n) is 13.2. The molecule has 0 bridgehead atoms. The maximum atomic E-state index is 14.7. The van der Waals surface area contributed by atoms with Gasteiger partial charge in [-0.25, -0.2) is 0 Å². The summed E-state index contributed by atoms with van der Waals surface area (Å²) in [6.07, 6.45) is -3.26. The highest BCUT2D eigenvalue weighted by Gasteiger charge is 2.86. The Morgan fingerprint density at radius 2 is 1.93 bits per heavy atom. The number of fused-ring (bicyclic) bond motifs is 2. The maximum absolute atomic E-state index is 14.7. The standard InChI is InChI=1S/C27H30F3N3O7/c1-33(2)20-13-8-10-7-12-17(15(34)9-11(18(12)27(28,29)30)14-5-3-4-6-32-14)21(35)16(10)23(37)25(13)26(39,40-25)19(22(20)36)24(31)38/h9-10,13-14,20,32,34-36,39H,3-8H2,1-2H3,(H2,31,38)/t10-,13-,14?,20-,25-,26?/m0/s1. The molecule has 216 valence electrons. The summed E-state index contributed by atoms with van der Waals surface area (Å²) in [5.74, 6) is -8.65. The topological polar surface area (TPSA) is 169 Å². The smallest absolute Gasteiger partial charge is 0.417 e. The van der Waals surface area contributed by atoms with Gasteiger partial charge in [0.2, 0.25) is 11.6 Å². The summed E-state index contributed by atoms with van der Waals surface area (Å²) in [5.41, 5.74) is 0.484. The second kappa shape index (κ2) is 8.44. The van der Waals surface area contributed by atoms with Gasteiger partial charge < -0.3 is 36.2 Å². The summed E-state index contributed by atoms with van der Waals surface area (Å²) < 4.78 is 49.5. The van der Waals surface area contributed by atoms with Gasteiger partial charge in [-0.1, -0.05) is 6.42 Å². The predicted molar refractivity (Wildman–Crippen MR) is 133 cm³/mol. The molecule has 13 heteroatoms. The van der Waals surface area contributed by atoms with Crippen LogP contribution in [0.15, 0.2) is 23.0 Å². The van der Waals surface area contributed by atoms with Crippen LogP contribution in [0.1, 0.15) is 54.0 Å². The molecular weight excluding hydrogens is 535 g/mol. The predicted octanol–water partition coefficient (Wildman–Crippen LogP) is 1.95. The van der Waals surface area contributed by atoms with E-state index in [4.69, 9.17) is 10.5 Å². The first-order chi connectivity index (χ1) is 18.7. The molecule has 7 N–H and O–H groups in total. The van der Waals surface area contributed by atoms with Crippen LogP contribution >= 0.6 is 0 Å². The third kappa shape index (κ3) is 3.31. The average Bonchev–Trinajstić information content (AvgIpc) is 3.48. The number of carbonyl (C=O) groups is 2. The quantitative estimate of drug-likeness (QED) is 0.300. The van der Waals surface area contributed by atoms with Gasteiger partial charge >= 0.3 is 6.18 Å². The molecular formula is C27H30F3N3O7. The second-order valence-corrected chi connectivity index (χ2v) is 11.6. The SMILES string of the molecule is CN(C)[C@@H]1C(O)=C(C(N)=O)C2(O)O[C@@]23C(=O)C2=C(O)c4c(O)cc(C5CCCCN5)c(C(F)(F)F)c4C[C@H]2C[C@@H]13. The van der Waals surface area contributed by atoms with Gasteiger partial charge in [0.05, 0.1) is 17.2 Å². The molecule has 1 saturated carbocycles. The maximum Gasteiger partial charge on any atom is 0.417 e. The minimum Gasteiger partial charge on any atom is -0.510 e. The van der Waals surface area contributed by atoms with Gasteiger partial charge in [-0.3, -0.25) is 14.5 Å². The summed E-state index contributed by atoms with van der Waals surface area (Å²) >= 11 is 0. The fourth-order valence-electron chi connectivity index (χ4n) is 7.68. The third-order valence-corrected chi connectivity index (χ3v) is 9.23. The number of benzene rings is 1. The number of nitrogens with zero attached hydrogens (tertiary/aromatic N) is 1. The van der Waals surface area contributed by atoms with Crippen LogP contribution in [-0.4, -0.2) is 75.1 Å². The van der Waals surface area contributed by atoms with Gasteiger partial charge in [-0.2, -0.15) is 13.2 Å². The molecule has 1 spiro atoms. The number of aliphatic hydroxyl groups is 3. The van der Waals surface area contributed by atoms with Gasteiger partial charge in [-0.15, -0.1) is 0 Å². The molecule has 6 atom stereocenters. The molecule has 1 aromatic rings. The Bertz CT molecular complexity index is 1410. The molecule has 3 fully saturated rings. The van der Waals surface area contributed by atoms with Crippen LogP contribution in [-0.2, 0) is 26.9 Å². The Kier molecular flexibility index (Phi) is 5.71. The number of rotatable bonds is 3. The van der Waals surface area contributed by atoms with Gasteiger partial charge in [0.15, 0.2) is 5.60 Å². The number of epoxide rings is 1. The number of phenolic OH excluding ortho intramolecular Hbond substituents is 1. The number of primary amides is 1. The van der Waals surface area contributed by atoms with Crippen molar-refractivity contribution < 1.29 is 47.9 Å². The summed E-state index contributed by atoms with van der Waals surface area (Å²) in [6, 6.07) is -0.687. The fourth-order valence-corrected chi connectivity index (χ4v) is 7.68. The van der Waals surface area contributed by atoms with E-state index in [0.29, 0.717) is 19.4 Å². The summed E-state index contributed by atoms with van der Waals surface area (Å²) in [4.78, 5) is 27.8. The summed E-state index contributed by atoms with van der Waals surface area (Å²) in [5, 5.41) is 47.6. The lowest BCUT2D eigenvalue weighted by atomic mass is 9.58. The first-order valence-corrected chi connectivity index (χ1v) is 13.2.